The minimum absolute atomic E-state index is 0.745. The van der Waals surface area contributed by atoms with Crippen LogP contribution in [0.25, 0.3) is 10.7 Å². The fourth-order valence-corrected chi connectivity index (χ4v) is 3.11. The zero-order chi connectivity index (χ0) is 13.1. The first-order valence-electron chi connectivity index (χ1n) is 7.00. The van der Waals surface area contributed by atoms with E-state index in [0.29, 0.717) is 0 Å². The third kappa shape index (κ3) is 3.19. The van der Waals surface area contributed by atoms with E-state index in [2.05, 4.69) is 17.2 Å². The highest BCUT2D eigenvalue weighted by Gasteiger charge is 2.21. The van der Waals surface area contributed by atoms with E-state index >= 15 is 0 Å². The zero-order valence-corrected chi connectivity index (χ0v) is 12.0. The molecule has 2 aromatic heterocycles. The number of nitrogens with one attached hydrogen (secondary N) is 1. The van der Waals surface area contributed by atoms with E-state index < -0.39 is 0 Å². The molecule has 2 heterocycles. The molecule has 0 atom stereocenters. The minimum atomic E-state index is 0.745. The Morgan fingerprint density at radius 1 is 1.37 bits per heavy atom. The third-order valence-electron chi connectivity index (χ3n) is 3.28. The average Bonchev–Trinajstić information content (AvgIpc) is 3.19. The lowest BCUT2D eigenvalue weighted by molar-refractivity contribution is 0.686. The van der Waals surface area contributed by atoms with Crippen LogP contribution >= 0.6 is 11.3 Å². The van der Waals surface area contributed by atoms with Crippen molar-refractivity contribution in [2.24, 2.45) is 0 Å². The molecule has 1 aliphatic rings. The molecule has 0 aliphatic heterocycles. The molecule has 0 amide bonds. The summed E-state index contributed by atoms with van der Waals surface area (Å²) in [5.41, 5.74) is 2.24. The van der Waals surface area contributed by atoms with Gasteiger partial charge >= 0.3 is 0 Å². The molecule has 19 heavy (non-hydrogen) atoms. The molecular formula is C15H19N3S. The van der Waals surface area contributed by atoms with Gasteiger partial charge in [0.25, 0.3) is 0 Å². The van der Waals surface area contributed by atoms with Crippen LogP contribution in [0.2, 0.25) is 0 Å². The predicted molar refractivity (Wildman–Crippen MR) is 79.2 cm³/mol. The number of rotatable bonds is 6. The van der Waals surface area contributed by atoms with Crippen molar-refractivity contribution in [3.8, 4) is 10.7 Å². The quantitative estimate of drug-likeness (QED) is 0.876. The molecule has 2 aromatic rings. The Labute approximate surface area is 118 Å². The second-order valence-corrected chi connectivity index (χ2v) is 6.09. The van der Waals surface area contributed by atoms with E-state index in [-0.39, 0.29) is 0 Å². The van der Waals surface area contributed by atoms with Gasteiger partial charge in [0.1, 0.15) is 5.01 Å². The molecule has 3 rings (SSSR count). The number of nitrogens with zero attached hydrogens (tertiary/aromatic N) is 2. The second kappa shape index (κ2) is 5.80. The summed E-state index contributed by atoms with van der Waals surface area (Å²) in [6.45, 7) is 3.17. The highest BCUT2D eigenvalue weighted by molar-refractivity contribution is 7.15. The third-order valence-corrected chi connectivity index (χ3v) is 4.40. The highest BCUT2D eigenvalue weighted by atomic mass is 32.1. The average molecular weight is 273 g/mol. The van der Waals surface area contributed by atoms with Gasteiger partial charge in [-0.15, -0.1) is 11.3 Å². The predicted octanol–water partition coefficient (Wildman–Crippen LogP) is 3.41. The Morgan fingerprint density at radius 2 is 2.26 bits per heavy atom. The minimum Gasteiger partial charge on any atom is -0.309 e. The van der Waals surface area contributed by atoms with Crippen LogP contribution in [0.15, 0.2) is 24.4 Å². The van der Waals surface area contributed by atoms with Gasteiger partial charge in [-0.3, -0.25) is 4.98 Å². The number of hydrogen-bond donors (Lipinski definition) is 1. The van der Waals surface area contributed by atoms with Crippen LogP contribution in [-0.4, -0.2) is 16.0 Å². The van der Waals surface area contributed by atoms with E-state index in [4.69, 9.17) is 4.98 Å². The van der Waals surface area contributed by atoms with Crippen LogP contribution in [0.1, 0.15) is 36.8 Å². The molecule has 0 radical (unpaired) electrons. The number of thiazole rings is 1. The number of aromatic nitrogens is 2. The Bertz CT molecular complexity index is 532. The van der Waals surface area contributed by atoms with Crippen molar-refractivity contribution in [1.29, 1.82) is 0 Å². The molecule has 1 aliphatic carbocycles. The Balaban J connectivity index is 1.82. The SMILES string of the molecule is CCCc1nc(-c2ccccn2)sc1CNC1CC1. The van der Waals surface area contributed by atoms with Gasteiger partial charge in [0, 0.05) is 23.7 Å². The molecule has 0 aromatic carbocycles. The summed E-state index contributed by atoms with van der Waals surface area (Å²) in [5.74, 6) is 0. The fraction of sp³-hybridized carbons (Fsp3) is 0.467. The molecular weight excluding hydrogens is 254 g/mol. The first-order chi connectivity index (χ1) is 9.36. The number of aryl methyl sites for hydroxylation is 1. The van der Waals surface area contributed by atoms with Crippen molar-refractivity contribution in [2.75, 3.05) is 0 Å². The van der Waals surface area contributed by atoms with Gasteiger partial charge in [-0.05, 0) is 31.4 Å². The molecule has 0 bridgehead atoms. The van der Waals surface area contributed by atoms with Crippen LogP contribution in [-0.2, 0) is 13.0 Å². The Kier molecular flexibility index (Phi) is 3.89. The Morgan fingerprint density at radius 3 is 2.95 bits per heavy atom. The van der Waals surface area contributed by atoms with Gasteiger partial charge in [0.2, 0.25) is 0 Å². The fourth-order valence-electron chi connectivity index (χ4n) is 2.08. The molecule has 1 fully saturated rings. The maximum Gasteiger partial charge on any atom is 0.142 e. The van der Waals surface area contributed by atoms with Gasteiger partial charge in [0.05, 0.1) is 11.4 Å². The standard InChI is InChI=1S/C15H19N3S/c1-2-5-12-14(10-17-11-7-8-11)19-15(18-12)13-6-3-4-9-16-13/h3-4,6,9,11,17H,2,5,7-8,10H2,1H3. The van der Waals surface area contributed by atoms with E-state index in [1.807, 2.05) is 24.4 Å². The highest BCUT2D eigenvalue weighted by Crippen LogP contribution is 2.28. The monoisotopic (exact) mass is 273 g/mol. The lowest BCUT2D eigenvalue weighted by Crippen LogP contribution is -2.15. The van der Waals surface area contributed by atoms with Crippen molar-refractivity contribution >= 4 is 11.3 Å². The molecule has 100 valence electrons. The number of pyridine rings is 1. The molecule has 1 saturated carbocycles. The van der Waals surface area contributed by atoms with E-state index in [1.54, 1.807) is 11.3 Å². The van der Waals surface area contributed by atoms with Crippen molar-refractivity contribution < 1.29 is 0 Å². The second-order valence-electron chi connectivity index (χ2n) is 5.01. The van der Waals surface area contributed by atoms with Crippen molar-refractivity contribution in [3.05, 3.63) is 35.0 Å². The van der Waals surface area contributed by atoms with Gasteiger partial charge in [-0.2, -0.15) is 0 Å². The molecule has 0 spiro atoms. The van der Waals surface area contributed by atoms with E-state index in [9.17, 15) is 0 Å². The summed E-state index contributed by atoms with van der Waals surface area (Å²) >= 11 is 1.79. The smallest absolute Gasteiger partial charge is 0.142 e. The summed E-state index contributed by atoms with van der Waals surface area (Å²) < 4.78 is 0. The van der Waals surface area contributed by atoms with Crippen molar-refractivity contribution in [3.63, 3.8) is 0 Å². The van der Waals surface area contributed by atoms with Crippen LogP contribution < -0.4 is 5.32 Å². The topological polar surface area (TPSA) is 37.8 Å². The van der Waals surface area contributed by atoms with Gasteiger partial charge in [-0.1, -0.05) is 19.4 Å². The lowest BCUT2D eigenvalue weighted by atomic mass is 10.2. The normalized spacial score (nSPS) is 14.8. The summed E-state index contributed by atoms with van der Waals surface area (Å²) in [4.78, 5) is 10.6. The summed E-state index contributed by atoms with van der Waals surface area (Å²) in [7, 11) is 0. The van der Waals surface area contributed by atoms with Crippen molar-refractivity contribution in [1.82, 2.24) is 15.3 Å². The first-order valence-corrected chi connectivity index (χ1v) is 7.82. The van der Waals surface area contributed by atoms with Crippen LogP contribution in [0.3, 0.4) is 0 Å². The molecule has 4 heteroatoms. The maximum absolute atomic E-state index is 4.78. The Hall–Kier alpha value is -1.26. The molecule has 1 N–H and O–H groups in total. The molecule has 0 saturated heterocycles. The molecule has 3 nitrogen and oxygen atoms in total. The van der Waals surface area contributed by atoms with Crippen LogP contribution in [0, 0.1) is 0 Å². The van der Waals surface area contributed by atoms with Crippen LogP contribution in [0.5, 0.6) is 0 Å². The maximum atomic E-state index is 4.78. The first kappa shape index (κ1) is 12.8. The van der Waals surface area contributed by atoms with Crippen molar-refractivity contribution in [2.45, 2.75) is 45.2 Å². The number of hydrogen-bond acceptors (Lipinski definition) is 4. The van der Waals surface area contributed by atoms with E-state index in [1.165, 1.54) is 23.4 Å². The van der Waals surface area contributed by atoms with Gasteiger partial charge in [0.15, 0.2) is 0 Å². The zero-order valence-electron chi connectivity index (χ0n) is 11.2. The lowest BCUT2D eigenvalue weighted by Gasteiger charge is -2.01. The van der Waals surface area contributed by atoms with Gasteiger partial charge < -0.3 is 5.32 Å². The van der Waals surface area contributed by atoms with Crippen LogP contribution in [0.4, 0.5) is 0 Å². The largest absolute Gasteiger partial charge is 0.309 e. The summed E-state index contributed by atoms with van der Waals surface area (Å²) in [6, 6.07) is 6.74. The van der Waals surface area contributed by atoms with E-state index in [0.717, 1.165) is 36.1 Å². The summed E-state index contributed by atoms with van der Waals surface area (Å²) in [5, 5.41) is 4.64. The summed E-state index contributed by atoms with van der Waals surface area (Å²) in [6.07, 6.45) is 6.69. The molecule has 0 unspecified atom stereocenters. The van der Waals surface area contributed by atoms with Gasteiger partial charge in [-0.25, -0.2) is 4.98 Å².